The SMILES string of the molecule is O=C(Cc1cc(F)ccc1Br)c1cc(Cl)ccc1Cl. The van der Waals surface area contributed by atoms with E-state index in [1.54, 1.807) is 18.2 Å². The first kappa shape index (κ1) is 14.5. The Morgan fingerprint density at radius 3 is 2.63 bits per heavy atom. The van der Waals surface area contributed by atoms with E-state index in [0.29, 0.717) is 25.6 Å². The van der Waals surface area contributed by atoms with Crippen molar-refractivity contribution in [2.24, 2.45) is 0 Å². The van der Waals surface area contributed by atoms with Gasteiger partial charge >= 0.3 is 0 Å². The number of rotatable bonds is 3. The number of Topliss-reactive ketones (excluding diaryl/α,β-unsaturated/α-hetero) is 1. The molecule has 0 amide bonds. The lowest BCUT2D eigenvalue weighted by Gasteiger charge is -2.06. The first-order valence-electron chi connectivity index (χ1n) is 5.39. The van der Waals surface area contributed by atoms with Gasteiger partial charge in [0.25, 0.3) is 0 Å². The second kappa shape index (κ2) is 6.04. The van der Waals surface area contributed by atoms with E-state index in [9.17, 15) is 9.18 Å². The van der Waals surface area contributed by atoms with Crippen LogP contribution in [0.15, 0.2) is 40.9 Å². The molecule has 0 atom stereocenters. The van der Waals surface area contributed by atoms with Gasteiger partial charge in [-0.2, -0.15) is 0 Å². The summed E-state index contributed by atoms with van der Waals surface area (Å²) < 4.78 is 13.8. The summed E-state index contributed by atoms with van der Waals surface area (Å²) in [6.45, 7) is 0. The lowest BCUT2D eigenvalue weighted by molar-refractivity contribution is 0.0993. The summed E-state index contributed by atoms with van der Waals surface area (Å²) in [6.07, 6.45) is 0.0540. The molecule has 0 fully saturated rings. The molecule has 0 radical (unpaired) electrons. The van der Waals surface area contributed by atoms with Crippen LogP contribution >= 0.6 is 39.1 Å². The molecule has 1 nitrogen and oxygen atoms in total. The zero-order chi connectivity index (χ0) is 14.0. The van der Waals surface area contributed by atoms with Gasteiger partial charge in [0.05, 0.1) is 5.02 Å². The first-order valence-corrected chi connectivity index (χ1v) is 6.94. The molecule has 0 bridgehead atoms. The third kappa shape index (κ3) is 3.56. The summed E-state index contributed by atoms with van der Waals surface area (Å²) in [7, 11) is 0. The smallest absolute Gasteiger partial charge is 0.168 e. The normalized spacial score (nSPS) is 10.5. The highest BCUT2D eigenvalue weighted by Gasteiger charge is 2.14. The Labute approximate surface area is 128 Å². The van der Waals surface area contributed by atoms with Gasteiger partial charge in [-0.1, -0.05) is 39.1 Å². The summed E-state index contributed by atoms with van der Waals surface area (Å²) in [5.74, 6) is -0.595. The molecular weight excluding hydrogens is 354 g/mol. The molecule has 0 aliphatic rings. The fourth-order valence-electron chi connectivity index (χ4n) is 1.66. The van der Waals surface area contributed by atoms with Crippen LogP contribution in [-0.2, 0) is 6.42 Å². The molecule has 0 heterocycles. The number of hydrogen-bond donors (Lipinski definition) is 0. The van der Waals surface area contributed by atoms with Crippen molar-refractivity contribution in [2.75, 3.05) is 0 Å². The Bertz CT molecular complexity index is 643. The summed E-state index contributed by atoms with van der Waals surface area (Å²) in [5, 5.41) is 0.771. The van der Waals surface area contributed by atoms with Gasteiger partial charge in [0.1, 0.15) is 5.82 Å². The van der Waals surface area contributed by atoms with Crippen LogP contribution < -0.4 is 0 Å². The lowest BCUT2D eigenvalue weighted by Crippen LogP contribution is -2.05. The van der Waals surface area contributed by atoms with Crippen LogP contribution in [0.5, 0.6) is 0 Å². The fraction of sp³-hybridized carbons (Fsp3) is 0.0714. The number of carbonyl (C=O) groups excluding carboxylic acids is 1. The molecule has 5 heteroatoms. The molecule has 0 N–H and O–H groups in total. The minimum absolute atomic E-state index is 0.0540. The zero-order valence-corrected chi connectivity index (χ0v) is 12.7. The second-order valence-electron chi connectivity index (χ2n) is 3.96. The van der Waals surface area contributed by atoms with Crippen molar-refractivity contribution in [3.05, 3.63) is 67.9 Å². The number of carbonyl (C=O) groups is 1. The predicted molar refractivity (Wildman–Crippen MR) is 78.6 cm³/mol. The van der Waals surface area contributed by atoms with Crippen LogP contribution in [0, 0.1) is 5.82 Å². The van der Waals surface area contributed by atoms with Crippen LogP contribution in [-0.4, -0.2) is 5.78 Å². The van der Waals surface area contributed by atoms with Crippen LogP contribution in [0.1, 0.15) is 15.9 Å². The molecule has 2 aromatic rings. The lowest BCUT2D eigenvalue weighted by atomic mass is 10.0. The monoisotopic (exact) mass is 360 g/mol. The molecule has 0 aliphatic carbocycles. The Kier molecular flexibility index (Phi) is 4.61. The van der Waals surface area contributed by atoms with Crippen molar-refractivity contribution in [2.45, 2.75) is 6.42 Å². The highest BCUT2D eigenvalue weighted by molar-refractivity contribution is 9.10. The Morgan fingerprint density at radius 1 is 1.16 bits per heavy atom. The Balaban J connectivity index is 2.30. The van der Waals surface area contributed by atoms with Crippen LogP contribution in [0.2, 0.25) is 10.0 Å². The van der Waals surface area contributed by atoms with Gasteiger partial charge in [-0.25, -0.2) is 4.39 Å². The molecular formula is C14H8BrCl2FO. The van der Waals surface area contributed by atoms with Gasteiger partial charge in [0.2, 0.25) is 0 Å². The number of benzene rings is 2. The highest BCUT2D eigenvalue weighted by atomic mass is 79.9. The molecule has 0 spiro atoms. The number of hydrogen-bond acceptors (Lipinski definition) is 1. The zero-order valence-electron chi connectivity index (χ0n) is 9.59. The average molecular weight is 362 g/mol. The molecule has 2 aromatic carbocycles. The summed E-state index contributed by atoms with van der Waals surface area (Å²) >= 11 is 15.1. The Morgan fingerprint density at radius 2 is 1.89 bits per heavy atom. The van der Waals surface area contributed by atoms with Crippen molar-refractivity contribution < 1.29 is 9.18 Å². The molecule has 0 aromatic heterocycles. The molecule has 0 aliphatic heterocycles. The predicted octanol–water partition coefficient (Wildman–Crippen LogP) is 5.32. The molecule has 0 saturated carbocycles. The first-order chi connectivity index (χ1) is 8.97. The van der Waals surface area contributed by atoms with Crippen molar-refractivity contribution in [1.82, 2.24) is 0 Å². The van der Waals surface area contributed by atoms with E-state index in [0.717, 1.165) is 0 Å². The van der Waals surface area contributed by atoms with Crippen LogP contribution in [0.3, 0.4) is 0 Å². The van der Waals surface area contributed by atoms with Gasteiger partial charge in [0, 0.05) is 21.5 Å². The maximum absolute atomic E-state index is 13.2. The standard InChI is InChI=1S/C14H8BrCl2FO/c15-12-3-2-10(18)5-8(12)6-14(19)11-7-9(16)1-4-13(11)17/h1-5,7H,6H2. The van der Waals surface area contributed by atoms with Crippen molar-refractivity contribution in [1.29, 1.82) is 0 Å². The largest absolute Gasteiger partial charge is 0.294 e. The Hall–Kier alpha value is -0.900. The average Bonchev–Trinajstić information content (AvgIpc) is 2.36. The maximum Gasteiger partial charge on any atom is 0.168 e. The van der Waals surface area contributed by atoms with Gasteiger partial charge in [-0.05, 0) is 42.0 Å². The van der Waals surface area contributed by atoms with E-state index in [1.807, 2.05) is 0 Å². The third-order valence-corrected chi connectivity index (χ3v) is 3.93. The van der Waals surface area contributed by atoms with Gasteiger partial charge in [-0.15, -0.1) is 0 Å². The van der Waals surface area contributed by atoms with Crippen LogP contribution in [0.4, 0.5) is 4.39 Å². The van der Waals surface area contributed by atoms with E-state index in [1.165, 1.54) is 18.2 Å². The van der Waals surface area contributed by atoms with Gasteiger partial charge in [0.15, 0.2) is 5.78 Å². The number of halogens is 4. The molecule has 0 saturated heterocycles. The third-order valence-electron chi connectivity index (χ3n) is 2.59. The summed E-state index contributed by atoms with van der Waals surface area (Å²) in [5.41, 5.74) is 0.909. The molecule has 19 heavy (non-hydrogen) atoms. The highest BCUT2D eigenvalue weighted by Crippen LogP contribution is 2.24. The summed E-state index contributed by atoms with van der Waals surface area (Å²) in [4.78, 5) is 12.2. The van der Waals surface area contributed by atoms with Crippen molar-refractivity contribution in [3.8, 4) is 0 Å². The van der Waals surface area contributed by atoms with E-state index >= 15 is 0 Å². The van der Waals surface area contributed by atoms with Gasteiger partial charge in [-0.3, -0.25) is 4.79 Å². The van der Waals surface area contributed by atoms with Gasteiger partial charge < -0.3 is 0 Å². The minimum Gasteiger partial charge on any atom is -0.294 e. The number of ketones is 1. The topological polar surface area (TPSA) is 17.1 Å². The minimum atomic E-state index is -0.386. The van der Waals surface area contributed by atoms with Crippen LogP contribution in [0.25, 0.3) is 0 Å². The quantitative estimate of drug-likeness (QED) is 0.676. The van der Waals surface area contributed by atoms with E-state index in [4.69, 9.17) is 23.2 Å². The molecule has 98 valence electrons. The fourth-order valence-corrected chi connectivity index (χ4v) is 2.44. The summed E-state index contributed by atoms with van der Waals surface area (Å²) in [6, 6.07) is 8.90. The van der Waals surface area contributed by atoms with E-state index in [2.05, 4.69) is 15.9 Å². The molecule has 0 unspecified atom stereocenters. The van der Waals surface area contributed by atoms with E-state index in [-0.39, 0.29) is 18.0 Å². The second-order valence-corrected chi connectivity index (χ2v) is 5.66. The molecule has 2 rings (SSSR count). The van der Waals surface area contributed by atoms with Crippen molar-refractivity contribution in [3.63, 3.8) is 0 Å². The van der Waals surface area contributed by atoms with Crippen molar-refractivity contribution >= 4 is 44.9 Å². The maximum atomic E-state index is 13.2. The van der Waals surface area contributed by atoms with E-state index < -0.39 is 0 Å².